The monoisotopic (exact) mass is 429 g/mol. The zero-order chi connectivity index (χ0) is 21.6. The van der Waals surface area contributed by atoms with Crippen LogP contribution in [0.5, 0.6) is 0 Å². The highest BCUT2D eigenvalue weighted by Gasteiger charge is 2.15. The van der Waals surface area contributed by atoms with Crippen molar-refractivity contribution in [3.63, 3.8) is 0 Å². The Morgan fingerprint density at radius 2 is 1.87 bits per heavy atom. The lowest BCUT2D eigenvalue weighted by molar-refractivity contribution is -0.118. The molecule has 0 atom stereocenters. The molecule has 4 rings (SSSR count). The molecular weight excluding hydrogens is 410 g/mol. The Morgan fingerprint density at radius 1 is 1.10 bits per heavy atom. The van der Waals surface area contributed by atoms with E-state index in [0.717, 1.165) is 11.3 Å². The molecule has 0 fully saturated rings. The van der Waals surface area contributed by atoms with Gasteiger partial charge in [0.1, 0.15) is 0 Å². The average Bonchev–Trinajstić information content (AvgIpc) is 2.79. The third kappa shape index (κ3) is 4.70. The van der Waals surface area contributed by atoms with Gasteiger partial charge in [-0.15, -0.1) is 0 Å². The molecule has 1 N–H and O–H groups in total. The van der Waals surface area contributed by atoms with Crippen LogP contribution in [0.3, 0.4) is 0 Å². The van der Waals surface area contributed by atoms with E-state index in [0.29, 0.717) is 21.8 Å². The fraction of sp³-hybridized carbons (Fsp3) is 0.0870. The summed E-state index contributed by atoms with van der Waals surface area (Å²) in [6, 6.07) is 20.2. The Balaban J connectivity index is 1.60. The largest absolute Gasteiger partial charge is 0.272 e. The molecule has 0 spiro atoms. The number of rotatable bonds is 6. The number of hydrogen-bond acceptors (Lipinski definition) is 6. The Labute approximate surface area is 182 Å². The molecule has 7 nitrogen and oxygen atoms in total. The molecule has 0 aliphatic heterocycles. The molecular formula is C23H19N5O2S. The zero-order valence-corrected chi connectivity index (χ0v) is 17.5. The number of hydrazone groups is 1. The number of carbonyl (C=O) groups excluding carboxylic acids is 1. The van der Waals surface area contributed by atoms with Crippen molar-refractivity contribution in [2.45, 2.75) is 12.1 Å². The number of thioether (sulfide) groups is 1. The van der Waals surface area contributed by atoms with Crippen LogP contribution >= 0.6 is 11.8 Å². The van der Waals surface area contributed by atoms with E-state index in [9.17, 15) is 9.59 Å². The Bertz CT molecular complexity index is 1320. The first-order valence-electron chi connectivity index (χ1n) is 9.57. The van der Waals surface area contributed by atoms with E-state index in [4.69, 9.17) is 0 Å². The van der Waals surface area contributed by atoms with Crippen LogP contribution in [0, 0.1) is 6.92 Å². The van der Waals surface area contributed by atoms with E-state index in [1.54, 1.807) is 35.0 Å². The summed E-state index contributed by atoms with van der Waals surface area (Å²) in [5.41, 5.74) is 5.21. The van der Waals surface area contributed by atoms with E-state index < -0.39 is 0 Å². The van der Waals surface area contributed by atoms with Crippen LogP contribution < -0.4 is 11.0 Å². The maximum absolute atomic E-state index is 13.3. The number of aryl methyl sites for hydroxylation is 1. The van der Waals surface area contributed by atoms with Gasteiger partial charge in [-0.25, -0.2) is 10.4 Å². The summed E-state index contributed by atoms with van der Waals surface area (Å²) in [5, 5.41) is 4.90. The molecule has 0 aliphatic rings. The van der Waals surface area contributed by atoms with Crippen LogP contribution in [-0.4, -0.2) is 32.4 Å². The van der Waals surface area contributed by atoms with Crippen LogP contribution in [0.15, 0.2) is 88.0 Å². The predicted molar refractivity (Wildman–Crippen MR) is 123 cm³/mol. The number of nitrogens with one attached hydrogen (secondary N) is 1. The van der Waals surface area contributed by atoms with Gasteiger partial charge in [0.15, 0.2) is 5.16 Å². The minimum Gasteiger partial charge on any atom is -0.272 e. The first-order valence-corrected chi connectivity index (χ1v) is 10.6. The number of para-hydroxylation sites is 2. The smallest absolute Gasteiger partial charge is 0.266 e. The zero-order valence-electron chi connectivity index (χ0n) is 16.7. The van der Waals surface area contributed by atoms with E-state index in [1.807, 2.05) is 49.4 Å². The van der Waals surface area contributed by atoms with Crippen molar-refractivity contribution < 1.29 is 4.79 Å². The lowest BCUT2D eigenvalue weighted by Gasteiger charge is -2.14. The van der Waals surface area contributed by atoms with Crippen molar-refractivity contribution in [3.05, 3.63) is 94.5 Å². The summed E-state index contributed by atoms with van der Waals surface area (Å²) in [5.74, 6) is -0.258. The number of carbonyl (C=O) groups is 1. The molecule has 0 aliphatic carbocycles. The van der Waals surface area contributed by atoms with Crippen LogP contribution in [0.4, 0.5) is 0 Å². The second-order valence-electron chi connectivity index (χ2n) is 6.68. The molecule has 154 valence electrons. The van der Waals surface area contributed by atoms with Crippen LogP contribution in [0.25, 0.3) is 16.6 Å². The van der Waals surface area contributed by atoms with E-state index in [1.165, 1.54) is 18.0 Å². The van der Waals surface area contributed by atoms with Crippen molar-refractivity contribution in [2.75, 3.05) is 5.75 Å². The van der Waals surface area contributed by atoms with Crippen molar-refractivity contribution in [2.24, 2.45) is 5.10 Å². The average molecular weight is 430 g/mol. The highest BCUT2D eigenvalue weighted by Crippen LogP contribution is 2.22. The molecule has 2 aromatic heterocycles. The number of benzene rings is 2. The van der Waals surface area contributed by atoms with E-state index in [2.05, 4.69) is 20.5 Å². The summed E-state index contributed by atoms with van der Waals surface area (Å²) in [4.78, 5) is 34.3. The minimum atomic E-state index is -0.309. The van der Waals surface area contributed by atoms with Gasteiger partial charge in [0.05, 0.1) is 34.3 Å². The van der Waals surface area contributed by atoms with Crippen LogP contribution in [0.2, 0.25) is 0 Å². The fourth-order valence-corrected chi connectivity index (χ4v) is 3.82. The molecule has 0 bridgehead atoms. The molecule has 31 heavy (non-hydrogen) atoms. The van der Waals surface area contributed by atoms with Gasteiger partial charge in [-0.1, -0.05) is 48.2 Å². The Kier molecular flexibility index (Phi) is 6.18. The van der Waals surface area contributed by atoms with E-state index >= 15 is 0 Å². The van der Waals surface area contributed by atoms with Gasteiger partial charge >= 0.3 is 0 Å². The highest BCUT2D eigenvalue weighted by molar-refractivity contribution is 7.99. The van der Waals surface area contributed by atoms with E-state index in [-0.39, 0.29) is 17.2 Å². The summed E-state index contributed by atoms with van der Waals surface area (Å²) in [6.07, 6.45) is 3.12. The topological polar surface area (TPSA) is 89.2 Å². The first-order chi connectivity index (χ1) is 15.1. The fourth-order valence-electron chi connectivity index (χ4n) is 3.02. The van der Waals surface area contributed by atoms with Crippen molar-refractivity contribution >= 4 is 34.8 Å². The third-order valence-electron chi connectivity index (χ3n) is 4.51. The third-order valence-corrected chi connectivity index (χ3v) is 5.45. The molecule has 0 radical (unpaired) electrons. The minimum absolute atomic E-state index is 0.0518. The molecule has 2 heterocycles. The maximum atomic E-state index is 13.3. The normalized spacial score (nSPS) is 11.1. The van der Waals surface area contributed by atoms with Gasteiger partial charge in [-0.05, 0) is 42.8 Å². The Hall–Kier alpha value is -3.78. The van der Waals surface area contributed by atoms with Crippen molar-refractivity contribution in [1.82, 2.24) is 20.0 Å². The molecule has 1 amide bonds. The summed E-state index contributed by atoms with van der Waals surface area (Å²) >= 11 is 1.18. The van der Waals surface area contributed by atoms with Gasteiger partial charge in [-0.3, -0.25) is 19.1 Å². The SMILES string of the molecule is Cc1ccccc1-n1c(SCC(=O)N/N=C/c2ccccn2)nc2ccccc2c1=O. The lowest BCUT2D eigenvalue weighted by Crippen LogP contribution is -2.24. The molecule has 8 heteroatoms. The summed E-state index contributed by atoms with van der Waals surface area (Å²) in [7, 11) is 0. The summed E-state index contributed by atoms with van der Waals surface area (Å²) < 4.78 is 1.56. The summed E-state index contributed by atoms with van der Waals surface area (Å²) in [6.45, 7) is 1.93. The lowest BCUT2D eigenvalue weighted by atomic mass is 10.2. The van der Waals surface area contributed by atoms with Gasteiger partial charge in [0, 0.05) is 6.20 Å². The number of fused-ring (bicyclic) bond motifs is 1. The van der Waals surface area contributed by atoms with Crippen molar-refractivity contribution in [3.8, 4) is 5.69 Å². The van der Waals surface area contributed by atoms with Crippen LogP contribution in [0.1, 0.15) is 11.3 Å². The number of nitrogens with zero attached hydrogens (tertiary/aromatic N) is 4. The number of pyridine rings is 1. The number of aromatic nitrogens is 3. The molecule has 0 saturated heterocycles. The number of hydrogen-bond donors (Lipinski definition) is 1. The second-order valence-corrected chi connectivity index (χ2v) is 7.62. The van der Waals surface area contributed by atoms with Gasteiger partial charge in [-0.2, -0.15) is 5.10 Å². The molecule has 4 aromatic rings. The highest BCUT2D eigenvalue weighted by atomic mass is 32.2. The predicted octanol–water partition coefficient (Wildman–Crippen LogP) is 3.33. The van der Waals surface area contributed by atoms with Gasteiger partial charge < -0.3 is 0 Å². The second kappa shape index (κ2) is 9.36. The Morgan fingerprint density at radius 3 is 2.68 bits per heavy atom. The standard InChI is InChI=1S/C23H19N5O2S/c1-16-8-2-5-12-20(16)28-22(30)18-10-3-4-11-19(18)26-23(28)31-15-21(29)27-25-14-17-9-6-7-13-24-17/h2-14H,15H2,1H3,(H,27,29)/b25-14+. The maximum Gasteiger partial charge on any atom is 0.266 e. The molecule has 0 unspecified atom stereocenters. The quantitative estimate of drug-likeness (QED) is 0.220. The molecule has 2 aromatic carbocycles. The van der Waals surface area contributed by atoms with Crippen LogP contribution in [-0.2, 0) is 4.79 Å². The van der Waals surface area contributed by atoms with Crippen molar-refractivity contribution in [1.29, 1.82) is 0 Å². The van der Waals surface area contributed by atoms with Gasteiger partial charge in [0.25, 0.3) is 11.5 Å². The van der Waals surface area contributed by atoms with Gasteiger partial charge in [0.2, 0.25) is 0 Å². The first kappa shape index (κ1) is 20.5. The number of amides is 1. The molecule has 0 saturated carbocycles.